The summed E-state index contributed by atoms with van der Waals surface area (Å²) in [5, 5.41) is 1.09. The van der Waals surface area contributed by atoms with Crippen LogP contribution in [0.3, 0.4) is 0 Å². The second kappa shape index (κ2) is 6.88. The Morgan fingerprint density at radius 2 is 2.19 bits per heavy atom. The zero-order valence-electron chi connectivity index (χ0n) is 13.8. The van der Waals surface area contributed by atoms with Crippen molar-refractivity contribution in [2.24, 2.45) is 11.8 Å². The van der Waals surface area contributed by atoms with Crippen molar-refractivity contribution in [3.05, 3.63) is 15.6 Å². The van der Waals surface area contributed by atoms with Crippen LogP contribution in [0.15, 0.2) is 0 Å². The van der Waals surface area contributed by atoms with Crippen LogP contribution in [-0.2, 0) is 6.42 Å². The number of aryl methyl sites for hydroxylation is 1. The zero-order chi connectivity index (χ0) is 15.6. The number of hydrogen-bond donors (Lipinski definition) is 0. The summed E-state index contributed by atoms with van der Waals surface area (Å²) in [6, 6.07) is 0. The van der Waals surface area contributed by atoms with Crippen molar-refractivity contribution in [2.75, 3.05) is 33.7 Å². The number of aromatic nitrogens is 1. The summed E-state index contributed by atoms with van der Waals surface area (Å²) >= 11 is 1.59. The molecule has 1 saturated heterocycles. The number of carbonyl (C=O) groups excluding carboxylic acids is 1. The summed E-state index contributed by atoms with van der Waals surface area (Å²) in [6.07, 6.45) is 2.07. The Balaban J connectivity index is 2.02. The third kappa shape index (κ3) is 4.27. The minimum Gasteiger partial charge on any atom is -0.338 e. The summed E-state index contributed by atoms with van der Waals surface area (Å²) in [5.74, 6) is 1.36. The van der Waals surface area contributed by atoms with E-state index in [0.29, 0.717) is 11.8 Å². The summed E-state index contributed by atoms with van der Waals surface area (Å²) < 4.78 is 0. The topological polar surface area (TPSA) is 36.4 Å². The molecule has 2 rings (SSSR count). The largest absolute Gasteiger partial charge is 0.338 e. The molecule has 1 atom stereocenters. The highest BCUT2D eigenvalue weighted by atomic mass is 32.1. The van der Waals surface area contributed by atoms with E-state index in [-0.39, 0.29) is 5.91 Å². The Bertz CT molecular complexity index is 496. The molecule has 0 radical (unpaired) electrons. The molecule has 2 heterocycles. The number of rotatable bonds is 5. The van der Waals surface area contributed by atoms with E-state index in [0.717, 1.165) is 48.1 Å². The van der Waals surface area contributed by atoms with Gasteiger partial charge in [-0.1, -0.05) is 13.8 Å². The van der Waals surface area contributed by atoms with Crippen LogP contribution < -0.4 is 0 Å². The van der Waals surface area contributed by atoms with E-state index in [1.165, 1.54) is 0 Å². The quantitative estimate of drug-likeness (QED) is 0.839. The van der Waals surface area contributed by atoms with E-state index in [4.69, 9.17) is 0 Å². The maximum absolute atomic E-state index is 12.7. The van der Waals surface area contributed by atoms with Gasteiger partial charge in [0.25, 0.3) is 5.91 Å². The van der Waals surface area contributed by atoms with Gasteiger partial charge in [-0.25, -0.2) is 4.98 Å². The fourth-order valence-electron chi connectivity index (χ4n) is 2.91. The third-order valence-electron chi connectivity index (χ3n) is 3.81. The third-order valence-corrected chi connectivity index (χ3v) is 4.98. The van der Waals surface area contributed by atoms with Crippen molar-refractivity contribution in [2.45, 2.75) is 33.6 Å². The van der Waals surface area contributed by atoms with E-state index < -0.39 is 0 Å². The Morgan fingerprint density at radius 3 is 2.81 bits per heavy atom. The molecule has 1 amide bonds. The van der Waals surface area contributed by atoms with Crippen molar-refractivity contribution in [1.82, 2.24) is 14.8 Å². The highest BCUT2D eigenvalue weighted by Gasteiger charge is 2.29. The molecule has 1 unspecified atom stereocenters. The second-order valence-electron chi connectivity index (χ2n) is 6.79. The molecular weight excluding hydrogens is 282 g/mol. The first-order valence-electron chi connectivity index (χ1n) is 7.77. The van der Waals surface area contributed by atoms with Gasteiger partial charge < -0.3 is 9.80 Å². The van der Waals surface area contributed by atoms with Gasteiger partial charge in [0.1, 0.15) is 4.88 Å². The first-order valence-corrected chi connectivity index (χ1v) is 8.58. The molecule has 5 heteroatoms. The minimum absolute atomic E-state index is 0.182. The molecule has 1 aromatic rings. The summed E-state index contributed by atoms with van der Waals surface area (Å²) in [6.45, 7) is 9.15. The van der Waals surface area contributed by atoms with Crippen molar-refractivity contribution < 1.29 is 4.79 Å². The lowest BCUT2D eigenvalue weighted by Crippen LogP contribution is -2.30. The molecule has 0 bridgehead atoms. The van der Waals surface area contributed by atoms with E-state index in [1.54, 1.807) is 11.3 Å². The highest BCUT2D eigenvalue weighted by molar-refractivity contribution is 7.13. The lowest BCUT2D eigenvalue weighted by atomic mass is 10.1. The van der Waals surface area contributed by atoms with Crippen LogP contribution in [0, 0.1) is 18.8 Å². The Labute approximate surface area is 132 Å². The van der Waals surface area contributed by atoms with Crippen LogP contribution in [0.4, 0.5) is 0 Å². The molecule has 1 fully saturated rings. The number of nitrogens with zero attached hydrogens (tertiary/aromatic N) is 3. The van der Waals surface area contributed by atoms with Crippen LogP contribution in [0.2, 0.25) is 0 Å². The maximum atomic E-state index is 12.7. The zero-order valence-corrected chi connectivity index (χ0v) is 14.7. The minimum atomic E-state index is 0.182. The number of hydrogen-bond acceptors (Lipinski definition) is 4. The molecule has 0 aliphatic carbocycles. The van der Waals surface area contributed by atoms with Crippen LogP contribution in [0.5, 0.6) is 0 Å². The normalized spacial score (nSPS) is 19.0. The molecule has 118 valence electrons. The molecule has 4 nitrogen and oxygen atoms in total. The average molecular weight is 309 g/mol. The van der Waals surface area contributed by atoms with Gasteiger partial charge in [0.2, 0.25) is 0 Å². The highest BCUT2D eigenvalue weighted by Crippen LogP contribution is 2.25. The number of carbonyl (C=O) groups is 1. The molecule has 1 aliphatic heterocycles. The Kier molecular flexibility index (Phi) is 5.38. The second-order valence-corrected chi connectivity index (χ2v) is 7.87. The smallest absolute Gasteiger partial charge is 0.265 e. The van der Waals surface area contributed by atoms with Gasteiger partial charge in [-0.05, 0) is 39.3 Å². The fourth-order valence-corrected chi connectivity index (χ4v) is 4.16. The van der Waals surface area contributed by atoms with Crippen molar-refractivity contribution >= 4 is 17.2 Å². The van der Waals surface area contributed by atoms with Crippen LogP contribution in [0.1, 0.15) is 40.6 Å². The van der Waals surface area contributed by atoms with Gasteiger partial charge in [0, 0.05) is 26.1 Å². The van der Waals surface area contributed by atoms with E-state index in [2.05, 4.69) is 37.8 Å². The average Bonchev–Trinajstić information content (AvgIpc) is 2.94. The van der Waals surface area contributed by atoms with E-state index in [9.17, 15) is 4.79 Å². The lowest BCUT2D eigenvalue weighted by molar-refractivity contribution is 0.0789. The van der Waals surface area contributed by atoms with Crippen molar-refractivity contribution in [1.29, 1.82) is 0 Å². The van der Waals surface area contributed by atoms with Gasteiger partial charge >= 0.3 is 0 Å². The number of likely N-dealkylation sites (tertiary alicyclic amines) is 1. The maximum Gasteiger partial charge on any atom is 0.265 e. The standard InChI is InChI=1S/C16H27N3OS/c1-11(2)8-14-17-12(3)15(21-14)16(20)19-7-6-13(10-19)9-18(4)5/h11,13H,6-10H2,1-5H3. The lowest BCUT2D eigenvalue weighted by Gasteiger charge is -2.18. The molecular formula is C16H27N3OS. The molecule has 0 aromatic carbocycles. The molecule has 21 heavy (non-hydrogen) atoms. The Morgan fingerprint density at radius 1 is 1.48 bits per heavy atom. The first kappa shape index (κ1) is 16.4. The SMILES string of the molecule is Cc1nc(CC(C)C)sc1C(=O)N1CCC(CN(C)C)C1. The molecule has 1 aromatic heterocycles. The summed E-state index contributed by atoms with van der Waals surface area (Å²) in [5.41, 5.74) is 0.900. The number of amides is 1. The summed E-state index contributed by atoms with van der Waals surface area (Å²) in [4.78, 5) is 22.3. The monoisotopic (exact) mass is 309 g/mol. The fraction of sp³-hybridized carbons (Fsp3) is 0.750. The van der Waals surface area contributed by atoms with Crippen LogP contribution >= 0.6 is 11.3 Å². The van der Waals surface area contributed by atoms with Gasteiger partial charge in [0.15, 0.2) is 0 Å². The molecule has 1 aliphatic rings. The van der Waals surface area contributed by atoms with Gasteiger partial charge in [-0.2, -0.15) is 0 Å². The van der Waals surface area contributed by atoms with E-state index >= 15 is 0 Å². The van der Waals surface area contributed by atoms with Crippen molar-refractivity contribution in [3.8, 4) is 0 Å². The van der Waals surface area contributed by atoms with Gasteiger partial charge in [0.05, 0.1) is 10.7 Å². The predicted octanol–water partition coefficient (Wildman–Crippen LogP) is 2.67. The number of thiazole rings is 1. The first-order chi connectivity index (χ1) is 9.86. The molecule has 0 N–H and O–H groups in total. The van der Waals surface area contributed by atoms with Gasteiger partial charge in [-0.15, -0.1) is 11.3 Å². The molecule has 0 spiro atoms. The Hall–Kier alpha value is -0.940. The van der Waals surface area contributed by atoms with Crippen LogP contribution in [-0.4, -0.2) is 54.4 Å². The predicted molar refractivity (Wildman–Crippen MR) is 88.0 cm³/mol. The van der Waals surface area contributed by atoms with E-state index in [1.807, 2.05) is 11.8 Å². The van der Waals surface area contributed by atoms with Crippen LogP contribution in [0.25, 0.3) is 0 Å². The molecule has 0 saturated carbocycles. The van der Waals surface area contributed by atoms with Gasteiger partial charge in [-0.3, -0.25) is 4.79 Å². The summed E-state index contributed by atoms with van der Waals surface area (Å²) in [7, 11) is 4.19. The van der Waals surface area contributed by atoms with Crippen molar-refractivity contribution in [3.63, 3.8) is 0 Å².